The largest absolute Gasteiger partial charge is 0.326 e. The molecule has 0 saturated heterocycles. The van der Waals surface area contributed by atoms with Gasteiger partial charge in [0.15, 0.2) is 5.13 Å². The Bertz CT molecular complexity index is 1140. The van der Waals surface area contributed by atoms with Crippen molar-refractivity contribution < 1.29 is 14.5 Å². The lowest BCUT2D eigenvalue weighted by Gasteiger charge is -2.05. The fraction of sp³-hybridized carbons (Fsp3) is 0.111. The van der Waals surface area contributed by atoms with Gasteiger partial charge in [0.2, 0.25) is 11.8 Å². The van der Waals surface area contributed by atoms with Crippen molar-refractivity contribution in [3.8, 4) is 11.3 Å². The third-order valence-corrected chi connectivity index (χ3v) is 4.50. The molecule has 29 heavy (non-hydrogen) atoms. The molecule has 0 aliphatic heterocycles. The molecule has 2 aromatic heterocycles. The summed E-state index contributed by atoms with van der Waals surface area (Å²) in [6.45, 7) is 1.05. The van der Waals surface area contributed by atoms with Gasteiger partial charge in [0.05, 0.1) is 16.8 Å². The molecule has 0 radical (unpaired) electrons. The number of nitrogens with one attached hydrogen (secondary N) is 2. The van der Waals surface area contributed by atoms with Crippen LogP contribution in [0, 0.1) is 10.1 Å². The second-order valence-corrected chi connectivity index (χ2v) is 6.81. The number of aromatic nitrogens is 2. The van der Waals surface area contributed by atoms with Gasteiger partial charge in [-0.25, -0.2) is 4.98 Å². The molecule has 3 rings (SSSR count). The number of hydrogen-bond donors (Lipinski definition) is 2. The van der Waals surface area contributed by atoms with E-state index in [-0.39, 0.29) is 18.1 Å². The molecular formula is C18H15N5O5S. The first-order valence-corrected chi connectivity index (χ1v) is 9.18. The van der Waals surface area contributed by atoms with Crippen molar-refractivity contribution in [2.45, 2.75) is 13.5 Å². The van der Waals surface area contributed by atoms with E-state index in [0.717, 1.165) is 28.5 Å². The quantitative estimate of drug-likeness (QED) is 0.471. The SMILES string of the molecule is CC(=O)Nc1ccc(-c2csc(NC(=O)Cn3cc([N+](=O)[O-])ccc3=O)n2)cc1. The van der Waals surface area contributed by atoms with Crippen LogP contribution in [0.2, 0.25) is 0 Å². The molecule has 11 heteroatoms. The van der Waals surface area contributed by atoms with Crippen LogP contribution in [-0.4, -0.2) is 26.3 Å². The molecule has 0 aliphatic rings. The molecular weight excluding hydrogens is 398 g/mol. The first-order valence-electron chi connectivity index (χ1n) is 8.30. The van der Waals surface area contributed by atoms with Gasteiger partial charge in [-0.15, -0.1) is 11.3 Å². The fourth-order valence-corrected chi connectivity index (χ4v) is 3.19. The number of thiazole rings is 1. The molecule has 148 valence electrons. The van der Waals surface area contributed by atoms with E-state index in [4.69, 9.17) is 0 Å². The van der Waals surface area contributed by atoms with Crippen LogP contribution in [0.25, 0.3) is 11.3 Å². The Kier molecular flexibility index (Phi) is 5.79. The molecule has 0 saturated carbocycles. The highest BCUT2D eigenvalue weighted by Gasteiger charge is 2.12. The van der Waals surface area contributed by atoms with Gasteiger partial charge < -0.3 is 10.6 Å². The summed E-state index contributed by atoms with van der Waals surface area (Å²) in [5, 5.41) is 18.1. The molecule has 0 bridgehead atoms. The van der Waals surface area contributed by atoms with E-state index in [1.807, 2.05) is 0 Å². The van der Waals surface area contributed by atoms with Gasteiger partial charge >= 0.3 is 0 Å². The van der Waals surface area contributed by atoms with Gasteiger partial charge in [0.25, 0.3) is 11.2 Å². The first kappa shape index (κ1) is 19.9. The van der Waals surface area contributed by atoms with Crippen molar-refractivity contribution in [1.82, 2.24) is 9.55 Å². The molecule has 3 aromatic rings. The summed E-state index contributed by atoms with van der Waals surface area (Å²) in [6.07, 6.45) is 1.02. The van der Waals surface area contributed by atoms with Gasteiger partial charge in [-0.1, -0.05) is 12.1 Å². The zero-order chi connectivity index (χ0) is 21.0. The summed E-state index contributed by atoms with van der Waals surface area (Å²) in [4.78, 5) is 49.5. The molecule has 1 aromatic carbocycles. The van der Waals surface area contributed by atoms with Crippen molar-refractivity contribution >= 4 is 39.7 Å². The molecule has 10 nitrogen and oxygen atoms in total. The van der Waals surface area contributed by atoms with Crippen LogP contribution in [0.1, 0.15) is 6.92 Å². The standard InChI is InChI=1S/C18H15N5O5S/c1-11(24)19-13-4-2-12(3-5-13)15-10-29-18(20-15)21-16(25)9-22-8-14(23(27)28)6-7-17(22)26/h2-8,10H,9H2,1H3,(H,19,24)(H,20,21,25). The fourth-order valence-electron chi connectivity index (χ4n) is 2.46. The second-order valence-electron chi connectivity index (χ2n) is 5.96. The minimum absolute atomic E-state index is 0.167. The van der Waals surface area contributed by atoms with Crippen LogP contribution in [0.15, 0.2) is 52.8 Å². The zero-order valence-corrected chi connectivity index (χ0v) is 15.9. The van der Waals surface area contributed by atoms with E-state index in [2.05, 4.69) is 15.6 Å². The van der Waals surface area contributed by atoms with Gasteiger partial charge in [0, 0.05) is 35.7 Å². The summed E-state index contributed by atoms with van der Waals surface area (Å²) in [6, 6.07) is 9.17. The van der Waals surface area contributed by atoms with E-state index in [1.165, 1.54) is 18.3 Å². The average Bonchev–Trinajstić information content (AvgIpc) is 3.11. The smallest absolute Gasteiger partial charge is 0.285 e. The second kappa shape index (κ2) is 8.44. The van der Waals surface area contributed by atoms with Crippen molar-refractivity contribution in [3.63, 3.8) is 0 Å². The van der Waals surface area contributed by atoms with Gasteiger partial charge in [-0.3, -0.25) is 29.1 Å². The molecule has 2 N–H and O–H groups in total. The normalized spacial score (nSPS) is 10.4. The number of nitrogens with zero attached hydrogens (tertiary/aromatic N) is 3. The van der Waals surface area contributed by atoms with E-state index in [9.17, 15) is 24.5 Å². The Morgan fingerprint density at radius 2 is 1.90 bits per heavy atom. The lowest BCUT2D eigenvalue weighted by atomic mass is 10.1. The van der Waals surface area contributed by atoms with Crippen molar-refractivity contribution in [2.75, 3.05) is 10.6 Å². The molecule has 0 fully saturated rings. The number of carbonyl (C=O) groups is 2. The maximum Gasteiger partial charge on any atom is 0.285 e. The van der Waals surface area contributed by atoms with E-state index >= 15 is 0 Å². The summed E-state index contributed by atoms with van der Waals surface area (Å²) in [5.41, 5.74) is 1.28. The molecule has 2 heterocycles. The minimum atomic E-state index is -0.641. The lowest BCUT2D eigenvalue weighted by molar-refractivity contribution is -0.385. The Labute approximate surface area is 168 Å². The van der Waals surface area contributed by atoms with Crippen LogP contribution < -0.4 is 16.2 Å². The van der Waals surface area contributed by atoms with Crippen molar-refractivity contribution in [3.05, 3.63) is 68.4 Å². The molecule has 2 amide bonds. The maximum absolute atomic E-state index is 12.2. The van der Waals surface area contributed by atoms with Gasteiger partial charge in [-0.05, 0) is 12.1 Å². The van der Waals surface area contributed by atoms with E-state index in [1.54, 1.807) is 29.6 Å². The van der Waals surface area contributed by atoms with Gasteiger partial charge in [0.1, 0.15) is 6.54 Å². The zero-order valence-electron chi connectivity index (χ0n) is 15.1. The Balaban J connectivity index is 1.68. The Morgan fingerprint density at radius 1 is 1.17 bits per heavy atom. The Morgan fingerprint density at radius 3 is 2.55 bits per heavy atom. The van der Waals surface area contributed by atoms with Crippen LogP contribution in [0.3, 0.4) is 0 Å². The van der Waals surface area contributed by atoms with Crippen molar-refractivity contribution in [1.29, 1.82) is 0 Å². The summed E-state index contributed by atoms with van der Waals surface area (Å²) < 4.78 is 0.961. The summed E-state index contributed by atoms with van der Waals surface area (Å²) in [5.74, 6) is -0.700. The number of pyridine rings is 1. The highest BCUT2D eigenvalue weighted by molar-refractivity contribution is 7.14. The van der Waals surface area contributed by atoms with Gasteiger partial charge in [-0.2, -0.15) is 0 Å². The number of amides is 2. The van der Waals surface area contributed by atoms with Crippen LogP contribution >= 0.6 is 11.3 Å². The third kappa shape index (κ3) is 5.11. The monoisotopic (exact) mass is 413 g/mol. The predicted molar refractivity (Wildman–Crippen MR) is 108 cm³/mol. The third-order valence-electron chi connectivity index (χ3n) is 3.74. The molecule has 0 unspecified atom stereocenters. The molecule has 0 spiro atoms. The van der Waals surface area contributed by atoms with E-state index < -0.39 is 16.4 Å². The molecule has 0 aliphatic carbocycles. The highest BCUT2D eigenvalue weighted by atomic mass is 32.1. The van der Waals surface area contributed by atoms with Crippen LogP contribution in [0.4, 0.5) is 16.5 Å². The maximum atomic E-state index is 12.2. The Hall–Kier alpha value is -3.86. The number of hydrogen-bond acceptors (Lipinski definition) is 7. The highest BCUT2D eigenvalue weighted by Crippen LogP contribution is 2.26. The number of anilines is 2. The topological polar surface area (TPSA) is 136 Å². The molecule has 0 atom stereocenters. The number of benzene rings is 1. The number of carbonyl (C=O) groups excluding carboxylic acids is 2. The average molecular weight is 413 g/mol. The number of rotatable bonds is 6. The van der Waals surface area contributed by atoms with Crippen LogP contribution in [0.5, 0.6) is 0 Å². The minimum Gasteiger partial charge on any atom is -0.326 e. The lowest BCUT2D eigenvalue weighted by Crippen LogP contribution is -2.26. The summed E-state index contributed by atoms with van der Waals surface area (Å²) >= 11 is 1.20. The number of nitro groups is 1. The van der Waals surface area contributed by atoms with Crippen LogP contribution in [-0.2, 0) is 16.1 Å². The van der Waals surface area contributed by atoms with E-state index in [0.29, 0.717) is 16.5 Å². The summed E-state index contributed by atoms with van der Waals surface area (Å²) in [7, 11) is 0. The first-order chi connectivity index (χ1) is 13.8. The van der Waals surface area contributed by atoms with Crippen molar-refractivity contribution in [2.24, 2.45) is 0 Å². The predicted octanol–water partition coefficient (Wildman–Crippen LogP) is 2.48.